The van der Waals surface area contributed by atoms with Crippen LogP contribution in [0.4, 0.5) is 13.2 Å². The van der Waals surface area contributed by atoms with Crippen LogP contribution in [0.25, 0.3) is 32.7 Å². The lowest BCUT2D eigenvalue weighted by molar-refractivity contribution is 0.0146. The van der Waals surface area contributed by atoms with Crippen LogP contribution in [0.5, 0.6) is 0 Å². The minimum atomic E-state index is -1.10. The smallest absolute Gasteiger partial charge is 0.123 e. The molecule has 1 aliphatic carbocycles. The van der Waals surface area contributed by atoms with Crippen LogP contribution in [0.1, 0.15) is 90.5 Å². The Labute approximate surface area is 488 Å². The zero-order valence-electron chi connectivity index (χ0n) is 47.2. The van der Waals surface area contributed by atoms with E-state index in [-0.39, 0.29) is 22.9 Å². The van der Waals surface area contributed by atoms with Crippen LogP contribution in [0.2, 0.25) is 15.1 Å². The van der Waals surface area contributed by atoms with Gasteiger partial charge in [-0.3, -0.25) is 0 Å². The van der Waals surface area contributed by atoms with Crippen molar-refractivity contribution in [3.63, 3.8) is 0 Å². The molecule has 2 N–H and O–H groups in total. The molecule has 6 heterocycles. The molecule has 424 valence electrons. The maximum Gasteiger partial charge on any atom is 0.123 e. The van der Waals surface area contributed by atoms with Gasteiger partial charge in [-0.1, -0.05) is 85.0 Å². The Morgan fingerprint density at radius 3 is 1.19 bits per heavy atom. The van der Waals surface area contributed by atoms with Gasteiger partial charge in [-0.15, -0.1) is 0 Å². The molecular weight excluding hydrogens is 1080 g/mol. The Balaban J connectivity index is 0.000000128. The second-order valence-electron chi connectivity index (χ2n) is 23.9. The van der Waals surface area contributed by atoms with Gasteiger partial charge in [-0.25, -0.2) is 13.2 Å². The first-order valence-corrected chi connectivity index (χ1v) is 29.5. The molecule has 0 spiro atoms. The summed E-state index contributed by atoms with van der Waals surface area (Å²) in [7, 11) is 6.42. The predicted molar refractivity (Wildman–Crippen MR) is 324 cm³/mol. The van der Waals surface area contributed by atoms with Gasteiger partial charge in [0.2, 0.25) is 0 Å². The number of hydrogen-bond acceptors (Lipinski definition) is 5. The molecular formula is C67H72Cl3F3N6O2. The van der Waals surface area contributed by atoms with E-state index in [1.54, 1.807) is 43.3 Å². The lowest BCUT2D eigenvalue weighted by Gasteiger charge is -2.33. The fourth-order valence-electron chi connectivity index (χ4n) is 13.2. The molecule has 8 nitrogen and oxygen atoms in total. The van der Waals surface area contributed by atoms with Crippen molar-refractivity contribution < 1.29 is 23.4 Å². The third-order valence-electron chi connectivity index (χ3n) is 18.0. The SMILES string of the molecule is CCC(O)(Cn1c2c(c3cc(Cl)ccc31)CN(C)CC2)c1ccc(F)cc1.CN1CCc2c(c3cc(Cl)ccc3n2CC(C)(O)c2ccc(F)cc2)C1.CN1CCc2c(c3cc(Cl)ccc3n2CC(C)(c2ccc(F)cc2)C2CC2)C1. The highest BCUT2D eigenvalue weighted by Crippen LogP contribution is 2.50. The van der Waals surface area contributed by atoms with Crippen LogP contribution in [0, 0.1) is 23.4 Å². The van der Waals surface area contributed by atoms with E-state index in [4.69, 9.17) is 34.8 Å². The number of halogens is 6. The Bertz CT molecular complexity index is 3760. The third kappa shape index (κ3) is 11.6. The van der Waals surface area contributed by atoms with Gasteiger partial charge in [-0.05, 0) is 178 Å². The van der Waals surface area contributed by atoms with Crippen LogP contribution < -0.4 is 0 Å². The number of benzene rings is 6. The zero-order chi connectivity index (χ0) is 57.1. The molecule has 6 aromatic carbocycles. The van der Waals surface area contributed by atoms with E-state index in [9.17, 15) is 23.4 Å². The van der Waals surface area contributed by atoms with E-state index >= 15 is 0 Å². The number of hydrogen-bond donors (Lipinski definition) is 2. The van der Waals surface area contributed by atoms with Crippen LogP contribution in [-0.4, -0.2) is 79.4 Å². The van der Waals surface area contributed by atoms with Crippen molar-refractivity contribution in [2.45, 2.75) is 115 Å². The van der Waals surface area contributed by atoms with Crippen molar-refractivity contribution >= 4 is 67.5 Å². The lowest BCUT2D eigenvalue weighted by Crippen LogP contribution is -2.33. The van der Waals surface area contributed by atoms with Gasteiger partial charge in [0.05, 0.1) is 13.1 Å². The highest BCUT2D eigenvalue weighted by molar-refractivity contribution is 6.32. The average molecular weight is 1160 g/mol. The van der Waals surface area contributed by atoms with Gasteiger partial charge in [0, 0.05) is 135 Å². The summed E-state index contributed by atoms with van der Waals surface area (Å²) < 4.78 is 47.2. The summed E-state index contributed by atoms with van der Waals surface area (Å²) in [6.07, 6.45) is 5.97. The summed E-state index contributed by atoms with van der Waals surface area (Å²) in [5.41, 5.74) is 11.9. The van der Waals surface area contributed by atoms with E-state index in [0.29, 0.717) is 31.0 Å². The summed E-state index contributed by atoms with van der Waals surface area (Å²) in [4.78, 5) is 6.98. The highest BCUT2D eigenvalue weighted by Gasteiger charge is 2.44. The van der Waals surface area contributed by atoms with Gasteiger partial charge >= 0.3 is 0 Å². The second-order valence-corrected chi connectivity index (χ2v) is 25.2. The van der Waals surface area contributed by atoms with Crippen molar-refractivity contribution in [1.29, 1.82) is 0 Å². The van der Waals surface area contributed by atoms with Crippen molar-refractivity contribution in [1.82, 2.24) is 28.4 Å². The molecule has 3 aromatic heterocycles. The minimum absolute atomic E-state index is 0.0103. The summed E-state index contributed by atoms with van der Waals surface area (Å²) in [6, 6.07) is 37.6. The molecule has 1 fully saturated rings. The number of aromatic nitrogens is 3. The monoisotopic (exact) mass is 1150 g/mol. The molecule has 3 unspecified atom stereocenters. The fraction of sp³-hybridized carbons (Fsp3) is 0.373. The number of nitrogens with zero attached hydrogens (tertiary/aromatic N) is 6. The first kappa shape index (κ1) is 57.2. The van der Waals surface area contributed by atoms with Gasteiger partial charge in [0.1, 0.15) is 28.7 Å². The maximum absolute atomic E-state index is 13.6. The molecule has 3 aliphatic heterocycles. The Kier molecular flexibility index (Phi) is 16.2. The van der Waals surface area contributed by atoms with Crippen LogP contribution in [0.15, 0.2) is 127 Å². The van der Waals surface area contributed by atoms with E-state index in [1.165, 1.54) is 87.3 Å². The van der Waals surface area contributed by atoms with Gasteiger partial charge in [0.25, 0.3) is 0 Å². The van der Waals surface area contributed by atoms with Crippen molar-refractivity contribution in [2.24, 2.45) is 5.92 Å². The molecule has 4 aliphatic rings. The standard InChI is InChI=1S/C24H26ClFN2.C22H24ClFN2O.C21H22ClFN2O/c1-24(16-3-4-16,17-5-8-19(26)9-6-17)15-28-22-10-7-18(25)13-20(22)21-14-27(2)12-11-23(21)28;1-3-22(27,15-4-7-17(24)8-5-15)14-26-20-9-6-16(23)12-18(20)19-13-25(2)11-10-21(19)26;1-21(26,14-3-6-16(23)7-4-14)13-25-19-8-5-15(22)11-17(19)18-12-24(2)10-9-20(18)25/h5-10,13,16H,3-4,11-12,14-15H2,1-2H3;4-9,12,27H,3,10-11,13-14H2,1-2H3;3-8,11,26H,9-10,12-13H2,1-2H3. The quantitative estimate of drug-likeness (QED) is 0.135. The van der Waals surface area contributed by atoms with Crippen LogP contribution >= 0.6 is 34.8 Å². The molecule has 1 saturated carbocycles. The molecule has 9 aromatic rings. The topological polar surface area (TPSA) is 65.0 Å². The predicted octanol–water partition coefficient (Wildman–Crippen LogP) is 14.8. The molecule has 3 atom stereocenters. The minimum Gasteiger partial charge on any atom is -0.384 e. The normalized spacial score (nSPS) is 18.0. The van der Waals surface area contributed by atoms with Crippen molar-refractivity contribution in [2.75, 3.05) is 40.8 Å². The van der Waals surface area contributed by atoms with Gasteiger partial charge in [0.15, 0.2) is 0 Å². The molecule has 0 amide bonds. The van der Waals surface area contributed by atoms with E-state index in [1.807, 2.05) is 61.5 Å². The largest absolute Gasteiger partial charge is 0.384 e. The number of likely N-dealkylation sites (N-methyl/N-ethyl adjacent to an activating group) is 3. The summed E-state index contributed by atoms with van der Waals surface area (Å²) in [5.74, 6) is -0.0994. The third-order valence-corrected chi connectivity index (χ3v) is 18.7. The van der Waals surface area contributed by atoms with E-state index in [0.717, 1.165) is 108 Å². The maximum atomic E-state index is 13.6. The van der Waals surface area contributed by atoms with Crippen molar-refractivity contribution in [3.8, 4) is 0 Å². The lowest BCUT2D eigenvalue weighted by atomic mass is 9.77. The molecule has 13 rings (SSSR count). The summed E-state index contributed by atoms with van der Waals surface area (Å²) in [6.45, 7) is 13.6. The Morgan fingerprint density at radius 1 is 0.469 bits per heavy atom. The van der Waals surface area contributed by atoms with Crippen LogP contribution in [-0.2, 0) is 75.1 Å². The second kappa shape index (κ2) is 22.9. The first-order chi connectivity index (χ1) is 38.7. The van der Waals surface area contributed by atoms with E-state index < -0.39 is 11.2 Å². The molecule has 0 radical (unpaired) electrons. The highest BCUT2D eigenvalue weighted by atomic mass is 35.5. The van der Waals surface area contributed by atoms with E-state index in [2.05, 4.69) is 68.6 Å². The number of rotatable bonds is 11. The molecule has 81 heavy (non-hydrogen) atoms. The molecule has 0 saturated heterocycles. The Hall–Kier alpha value is -5.60. The number of fused-ring (bicyclic) bond motifs is 9. The fourth-order valence-corrected chi connectivity index (χ4v) is 13.7. The average Bonchev–Trinajstić information content (AvgIpc) is 4.39. The summed E-state index contributed by atoms with van der Waals surface area (Å²) >= 11 is 18.9. The molecule has 14 heteroatoms. The first-order valence-electron chi connectivity index (χ1n) is 28.4. The number of aliphatic hydroxyl groups is 2. The Morgan fingerprint density at radius 2 is 0.815 bits per heavy atom. The van der Waals surface area contributed by atoms with Crippen molar-refractivity contribution in [3.05, 3.63) is 210 Å². The van der Waals surface area contributed by atoms with Crippen LogP contribution in [0.3, 0.4) is 0 Å². The zero-order valence-corrected chi connectivity index (χ0v) is 49.4. The summed E-state index contributed by atoms with van der Waals surface area (Å²) in [5, 5.41) is 28.4. The molecule has 0 bridgehead atoms. The van der Waals surface area contributed by atoms with Gasteiger partial charge < -0.3 is 38.6 Å². The van der Waals surface area contributed by atoms with Gasteiger partial charge in [-0.2, -0.15) is 0 Å².